The van der Waals surface area contributed by atoms with Gasteiger partial charge in [0.25, 0.3) is 0 Å². The van der Waals surface area contributed by atoms with Crippen molar-refractivity contribution in [2.75, 3.05) is 6.61 Å². The van der Waals surface area contributed by atoms with Gasteiger partial charge in [0, 0.05) is 0 Å². The molecule has 130 valence electrons. The Bertz CT molecular complexity index is 593. The van der Waals surface area contributed by atoms with Crippen molar-refractivity contribution in [1.82, 2.24) is 4.90 Å². The highest BCUT2D eigenvalue weighted by atomic mass is 16.6. The van der Waals surface area contributed by atoms with Crippen molar-refractivity contribution in [2.45, 2.75) is 51.3 Å². The van der Waals surface area contributed by atoms with Gasteiger partial charge < -0.3 is 14.3 Å². The van der Waals surface area contributed by atoms with Crippen LogP contribution in [0, 0.1) is 0 Å². The monoisotopic (exact) mass is 333 g/mol. The fourth-order valence-corrected chi connectivity index (χ4v) is 2.45. The number of ether oxygens (including phenoxy) is 2. The summed E-state index contributed by atoms with van der Waals surface area (Å²) in [5.74, 6) is -0.373. The summed E-state index contributed by atoms with van der Waals surface area (Å²) >= 11 is 0. The second-order valence-corrected chi connectivity index (χ2v) is 6.73. The lowest BCUT2D eigenvalue weighted by Crippen LogP contribution is -2.28. The molecular formula is C18H23NO5. The van der Waals surface area contributed by atoms with Crippen LogP contribution in [0.15, 0.2) is 30.3 Å². The molecule has 1 heterocycles. The zero-order chi connectivity index (χ0) is 17.7. The number of carbonyl (C=O) groups is 3. The van der Waals surface area contributed by atoms with E-state index in [9.17, 15) is 14.4 Å². The van der Waals surface area contributed by atoms with Crippen molar-refractivity contribution in [3.63, 3.8) is 0 Å². The number of hydrogen-bond donors (Lipinski definition) is 0. The second-order valence-electron chi connectivity index (χ2n) is 6.73. The van der Waals surface area contributed by atoms with Crippen LogP contribution in [0.1, 0.15) is 44.0 Å². The summed E-state index contributed by atoms with van der Waals surface area (Å²) in [5.41, 5.74) is -0.0897. The van der Waals surface area contributed by atoms with Gasteiger partial charge in [0.15, 0.2) is 0 Å². The molecule has 1 aliphatic heterocycles. The standard InChI is InChI=1S/C18H23NO5/c1-18(2,3)24-17(22)19-14(15(19)12-20)10-7-11-23-16(21)13-8-5-4-6-9-13/h4-6,8-9,12,14-15H,7,10-11H2,1-3H3/t14-,15-,19?/m1/s1. The van der Waals surface area contributed by atoms with Crippen LogP contribution in [0.25, 0.3) is 0 Å². The molecule has 24 heavy (non-hydrogen) atoms. The molecule has 0 unspecified atom stereocenters. The molecule has 1 fully saturated rings. The topological polar surface area (TPSA) is 72.7 Å². The Kier molecular flexibility index (Phi) is 5.59. The summed E-state index contributed by atoms with van der Waals surface area (Å²) in [4.78, 5) is 36.3. The summed E-state index contributed by atoms with van der Waals surface area (Å²) in [6, 6.07) is 8.14. The van der Waals surface area contributed by atoms with E-state index in [0.717, 1.165) is 6.29 Å². The van der Waals surface area contributed by atoms with Gasteiger partial charge in [-0.2, -0.15) is 0 Å². The van der Waals surface area contributed by atoms with Crippen LogP contribution < -0.4 is 0 Å². The first-order chi connectivity index (χ1) is 11.3. The minimum absolute atomic E-state index is 0.173. The number of amides is 1. The lowest BCUT2D eigenvalue weighted by atomic mass is 10.2. The SMILES string of the molecule is CC(C)(C)OC(=O)N1[C@H](C=O)[C@H]1CCCOC(=O)c1ccccc1. The van der Waals surface area contributed by atoms with Gasteiger partial charge in [-0.3, -0.25) is 4.90 Å². The lowest BCUT2D eigenvalue weighted by molar-refractivity contribution is -0.108. The molecule has 1 aromatic rings. The predicted octanol–water partition coefficient (Wildman–Crippen LogP) is 2.81. The number of rotatable bonds is 6. The molecule has 0 spiro atoms. The molecule has 1 aliphatic rings. The maximum Gasteiger partial charge on any atom is 0.411 e. The van der Waals surface area contributed by atoms with Crippen molar-refractivity contribution in [3.05, 3.63) is 35.9 Å². The van der Waals surface area contributed by atoms with E-state index >= 15 is 0 Å². The number of nitrogens with zero attached hydrogens (tertiary/aromatic N) is 1. The van der Waals surface area contributed by atoms with E-state index in [0.29, 0.717) is 18.4 Å². The normalized spacial score (nSPS) is 19.5. The van der Waals surface area contributed by atoms with Crippen molar-refractivity contribution < 1.29 is 23.9 Å². The van der Waals surface area contributed by atoms with Crippen molar-refractivity contribution in [2.24, 2.45) is 0 Å². The highest BCUT2D eigenvalue weighted by molar-refractivity contribution is 5.89. The second kappa shape index (κ2) is 7.47. The van der Waals surface area contributed by atoms with E-state index in [1.165, 1.54) is 4.90 Å². The van der Waals surface area contributed by atoms with Gasteiger partial charge in [0.2, 0.25) is 0 Å². The molecule has 2 rings (SSSR count). The molecule has 0 bridgehead atoms. The first-order valence-electron chi connectivity index (χ1n) is 8.02. The third-order valence-electron chi connectivity index (χ3n) is 3.61. The minimum atomic E-state index is -0.594. The molecule has 0 aliphatic carbocycles. The summed E-state index contributed by atoms with van der Waals surface area (Å²) in [5, 5.41) is 0. The largest absolute Gasteiger partial charge is 0.462 e. The van der Waals surface area contributed by atoms with E-state index in [2.05, 4.69) is 0 Å². The predicted molar refractivity (Wildman–Crippen MR) is 87.7 cm³/mol. The Labute approximate surface area is 141 Å². The van der Waals surface area contributed by atoms with Crippen LogP contribution in [-0.4, -0.2) is 47.5 Å². The number of hydrogen-bond acceptors (Lipinski definition) is 5. The van der Waals surface area contributed by atoms with Gasteiger partial charge in [0.1, 0.15) is 17.9 Å². The van der Waals surface area contributed by atoms with E-state index in [-0.39, 0.29) is 18.6 Å². The maximum atomic E-state index is 12.0. The third-order valence-corrected chi connectivity index (χ3v) is 3.61. The van der Waals surface area contributed by atoms with E-state index in [1.54, 1.807) is 45.0 Å². The smallest absolute Gasteiger partial charge is 0.411 e. The average molecular weight is 333 g/mol. The van der Waals surface area contributed by atoms with Crippen LogP contribution in [0.3, 0.4) is 0 Å². The quantitative estimate of drug-likeness (QED) is 0.346. The Morgan fingerprint density at radius 1 is 1.21 bits per heavy atom. The van der Waals surface area contributed by atoms with Crippen LogP contribution in [0.4, 0.5) is 4.79 Å². The molecule has 6 heteroatoms. The summed E-state index contributed by atoms with van der Waals surface area (Å²) in [6.07, 6.45) is 1.44. The number of benzene rings is 1. The van der Waals surface area contributed by atoms with E-state index in [4.69, 9.17) is 9.47 Å². The Morgan fingerprint density at radius 3 is 2.46 bits per heavy atom. The maximum absolute atomic E-state index is 12.0. The molecule has 1 amide bonds. The van der Waals surface area contributed by atoms with Crippen LogP contribution in [0.2, 0.25) is 0 Å². The first kappa shape index (κ1) is 18.0. The fourth-order valence-electron chi connectivity index (χ4n) is 2.45. The molecule has 1 aromatic carbocycles. The van der Waals surface area contributed by atoms with Crippen LogP contribution in [0.5, 0.6) is 0 Å². The van der Waals surface area contributed by atoms with Crippen LogP contribution in [-0.2, 0) is 14.3 Å². The molecule has 0 saturated carbocycles. The molecule has 0 aromatic heterocycles. The first-order valence-corrected chi connectivity index (χ1v) is 8.02. The van der Waals surface area contributed by atoms with Gasteiger partial charge in [0.05, 0.1) is 18.2 Å². The van der Waals surface area contributed by atoms with Gasteiger partial charge in [-0.25, -0.2) is 9.59 Å². The minimum Gasteiger partial charge on any atom is -0.462 e. The number of aldehydes is 1. The van der Waals surface area contributed by atoms with Crippen molar-refractivity contribution >= 4 is 18.3 Å². The van der Waals surface area contributed by atoms with E-state index < -0.39 is 17.7 Å². The van der Waals surface area contributed by atoms with Crippen molar-refractivity contribution in [3.8, 4) is 0 Å². The van der Waals surface area contributed by atoms with Gasteiger partial charge in [-0.05, 0) is 45.7 Å². The lowest BCUT2D eigenvalue weighted by Gasteiger charge is -2.20. The zero-order valence-electron chi connectivity index (χ0n) is 14.2. The zero-order valence-corrected chi connectivity index (χ0v) is 14.2. The fraction of sp³-hybridized carbons (Fsp3) is 0.500. The molecule has 6 nitrogen and oxygen atoms in total. The Morgan fingerprint density at radius 2 is 1.88 bits per heavy atom. The highest BCUT2D eigenvalue weighted by Gasteiger charge is 2.52. The third kappa shape index (κ3) is 4.81. The number of carbonyl (C=O) groups excluding carboxylic acids is 3. The summed E-state index contributed by atoms with van der Waals surface area (Å²) < 4.78 is 10.5. The highest BCUT2D eigenvalue weighted by Crippen LogP contribution is 2.32. The summed E-state index contributed by atoms with van der Waals surface area (Å²) in [6.45, 7) is 5.59. The molecule has 0 N–H and O–H groups in total. The number of esters is 1. The van der Waals surface area contributed by atoms with Crippen molar-refractivity contribution in [1.29, 1.82) is 0 Å². The Balaban J connectivity index is 1.73. The van der Waals surface area contributed by atoms with Gasteiger partial charge >= 0.3 is 12.1 Å². The van der Waals surface area contributed by atoms with E-state index in [1.807, 2.05) is 6.07 Å². The molecule has 0 radical (unpaired) electrons. The molecule has 1 saturated heterocycles. The summed E-state index contributed by atoms with van der Waals surface area (Å²) in [7, 11) is 0. The van der Waals surface area contributed by atoms with Gasteiger partial charge in [-0.1, -0.05) is 18.2 Å². The van der Waals surface area contributed by atoms with Crippen LogP contribution >= 0.6 is 0 Å². The molecular weight excluding hydrogens is 310 g/mol. The van der Waals surface area contributed by atoms with Gasteiger partial charge in [-0.15, -0.1) is 0 Å². The Hall–Kier alpha value is -2.37. The average Bonchev–Trinajstić information content (AvgIpc) is 3.24. The molecule has 2 atom stereocenters.